The Bertz CT molecular complexity index is 669. The van der Waals surface area contributed by atoms with E-state index in [2.05, 4.69) is 0 Å². The molecule has 0 N–H and O–H groups in total. The smallest absolute Gasteiger partial charge is 0.263 e. The number of hydrogen-bond donors (Lipinski definition) is 0. The van der Waals surface area contributed by atoms with Gasteiger partial charge in [-0.1, -0.05) is 18.2 Å². The van der Waals surface area contributed by atoms with Crippen molar-refractivity contribution in [2.75, 3.05) is 21.3 Å². The molecule has 0 spiro atoms. The third-order valence-electron chi connectivity index (χ3n) is 3.66. The minimum atomic E-state index is -0.583. The van der Waals surface area contributed by atoms with E-state index in [1.807, 2.05) is 36.4 Å². The first-order chi connectivity index (χ1) is 11.5. The van der Waals surface area contributed by atoms with Gasteiger partial charge in [-0.15, -0.1) is 0 Å². The van der Waals surface area contributed by atoms with E-state index in [9.17, 15) is 4.79 Å². The van der Waals surface area contributed by atoms with Crippen LogP contribution in [-0.4, -0.2) is 38.2 Å². The van der Waals surface area contributed by atoms with Crippen molar-refractivity contribution in [3.05, 3.63) is 54.1 Å². The highest BCUT2D eigenvalue weighted by Gasteiger charge is 2.19. The monoisotopic (exact) mass is 329 g/mol. The molecule has 2 aromatic rings. The summed E-state index contributed by atoms with van der Waals surface area (Å²) in [5, 5.41) is 0. The van der Waals surface area contributed by atoms with Crippen LogP contribution in [0, 0.1) is 0 Å². The zero-order chi connectivity index (χ0) is 17.5. The Labute approximate surface area is 142 Å². The molecule has 5 heteroatoms. The predicted molar refractivity (Wildman–Crippen MR) is 92.6 cm³/mol. The van der Waals surface area contributed by atoms with Crippen LogP contribution in [0.15, 0.2) is 48.5 Å². The molecule has 0 saturated carbocycles. The van der Waals surface area contributed by atoms with Gasteiger partial charge in [0.25, 0.3) is 5.91 Å². The van der Waals surface area contributed by atoms with Gasteiger partial charge in [0.15, 0.2) is 6.10 Å². The molecule has 0 aliphatic heterocycles. The Hall–Kier alpha value is -2.69. The lowest BCUT2D eigenvalue weighted by atomic mass is 10.2. The molecule has 0 saturated heterocycles. The lowest BCUT2D eigenvalue weighted by Gasteiger charge is -2.22. The first kappa shape index (κ1) is 17.7. The molecule has 0 aliphatic carbocycles. The van der Waals surface area contributed by atoms with Crippen LogP contribution < -0.4 is 14.2 Å². The molecule has 24 heavy (non-hydrogen) atoms. The molecule has 1 unspecified atom stereocenters. The normalized spacial score (nSPS) is 11.5. The van der Waals surface area contributed by atoms with Gasteiger partial charge < -0.3 is 19.1 Å². The molecule has 0 aromatic heterocycles. The van der Waals surface area contributed by atoms with Crippen molar-refractivity contribution in [3.63, 3.8) is 0 Å². The molecule has 128 valence electrons. The standard InChI is InChI=1S/C19H23NO4/c1-14(24-18-7-5-6-17(12-18)23-4)19(21)20(2)13-15-8-10-16(22-3)11-9-15/h5-12,14H,13H2,1-4H3. The number of carbonyl (C=O) groups excluding carboxylic acids is 1. The molecule has 0 heterocycles. The van der Waals surface area contributed by atoms with Gasteiger partial charge in [-0.2, -0.15) is 0 Å². The Balaban J connectivity index is 1.95. The summed E-state index contributed by atoms with van der Waals surface area (Å²) < 4.78 is 16.0. The first-order valence-corrected chi connectivity index (χ1v) is 7.72. The second kappa shape index (κ2) is 8.24. The van der Waals surface area contributed by atoms with Gasteiger partial charge in [0, 0.05) is 19.7 Å². The van der Waals surface area contributed by atoms with E-state index in [1.165, 1.54) is 0 Å². The number of likely N-dealkylation sites (N-methyl/N-ethyl adjacent to an activating group) is 1. The molecular weight excluding hydrogens is 306 g/mol. The highest BCUT2D eigenvalue weighted by molar-refractivity contribution is 5.80. The first-order valence-electron chi connectivity index (χ1n) is 7.72. The molecule has 0 fully saturated rings. The fraction of sp³-hybridized carbons (Fsp3) is 0.316. The topological polar surface area (TPSA) is 48.0 Å². The molecule has 0 aliphatic rings. The lowest BCUT2D eigenvalue weighted by molar-refractivity contribution is -0.137. The summed E-state index contributed by atoms with van der Waals surface area (Å²) in [7, 11) is 4.98. The predicted octanol–water partition coefficient (Wildman–Crippen LogP) is 3.13. The second-order valence-electron chi connectivity index (χ2n) is 5.48. The van der Waals surface area contributed by atoms with Crippen LogP contribution in [0.4, 0.5) is 0 Å². The SMILES string of the molecule is COc1ccc(CN(C)C(=O)C(C)Oc2cccc(OC)c2)cc1. The van der Waals surface area contributed by atoms with E-state index >= 15 is 0 Å². The van der Waals surface area contributed by atoms with Gasteiger partial charge in [-0.3, -0.25) is 4.79 Å². The van der Waals surface area contributed by atoms with Crippen LogP contribution in [0.3, 0.4) is 0 Å². The number of nitrogens with zero attached hydrogens (tertiary/aromatic N) is 1. The maximum atomic E-state index is 12.5. The zero-order valence-corrected chi connectivity index (χ0v) is 14.5. The molecular formula is C19H23NO4. The van der Waals surface area contributed by atoms with Crippen molar-refractivity contribution in [2.45, 2.75) is 19.6 Å². The van der Waals surface area contributed by atoms with Crippen LogP contribution in [0.1, 0.15) is 12.5 Å². The molecule has 1 amide bonds. The highest BCUT2D eigenvalue weighted by Crippen LogP contribution is 2.20. The lowest BCUT2D eigenvalue weighted by Crippen LogP contribution is -2.37. The van der Waals surface area contributed by atoms with Gasteiger partial charge in [-0.05, 0) is 36.8 Å². The molecule has 2 aromatic carbocycles. The summed E-state index contributed by atoms with van der Waals surface area (Å²) in [6.07, 6.45) is -0.583. The Kier molecular flexibility index (Phi) is 6.07. The summed E-state index contributed by atoms with van der Waals surface area (Å²) in [4.78, 5) is 14.1. The van der Waals surface area contributed by atoms with E-state index in [-0.39, 0.29) is 5.91 Å². The Morgan fingerprint density at radius 3 is 2.25 bits per heavy atom. The third-order valence-corrected chi connectivity index (χ3v) is 3.66. The van der Waals surface area contributed by atoms with Gasteiger partial charge in [0.1, 0.15) is 17.2 Å². The van der Waals surface area contributed by atoms with Crippen molar-refractivity contribution < 1.29 is 19.0 Å². The van der Waals surface area contributed by atoms with Crippen LogP contribution in [-0.2, 0) is 11.3 Å². The maximum Gasteiger partial charge on any atom is 0.263 e. The van der Waals surface area contributed by atoms with E-state index in [0.717, 1.165) is 11.3 Å². The Morgan fingerprint density at radius 1 is 1.00 bits per heavy atom. The average Bonchev–Trinajstić information content (AvgIpc) is 2.61. The summed E-state index contributed by atoms with van der Waals surface area (Å²) in [6, 6.07) is 14.9. The van der Waals surface area contributed by atoms with Crippen LogP contribution in [0.25, 0.3) is 0 Å². The van der Waals surface area contributed by atoms with E-state index in [0.29, 0.717) is 18.0 Å². The van der Waals surface area contributed by atoms with Crippen LogP contribution in [0.5, 0.6) is 17.2 Å². The highest BCUT2D eigenvalue weighted by atomic mass is 16.5. The number of rotatable bonds is 7. The Morgan fingerprint density at radius 2 is 1.62 bits per heavy atom. The summed E-state index contributed by atoms with van der Waals surface area (Å²) >= 11 is 0. The van der Waals surface area contributed by atoms with E-state index < -0.39 is 6.10 Å². The molecule has 1 atom stereocenters. The van der Waals surface area contributed by atoms with Crippen LogP contribution >= 0.6 is 0 Å². The van der Waals surface area contributed by atoms with Gasteiger partial charge in [0.05, 0.1) is 14.2 Å². The van der Waals surface area contributed by atoms with E-state index in [4.69, 9.17) is 14.2 Å². The minimum Gasteiger partial charge on any atom is -0.497 e. The summed E-state index contributed by atoms with van der Waals surface area (Å²) in [6.45, 7) is 2.25. The van der Waals surface area contributed by atoms with Gasteiger partial charge in [-0.25, -0.2) is 0 Å². The number of ether oxygens (including phenoxy) is 3. The second-order valence-corrected chi connectivity index (χ2v) is 5.48. The minimum absolute atomic E-state index is 0.0892. The molecule has 0 bridgehead atoms. The molecule has 5 nitrogen and oxygen atoms in total. The number of methoxy groups -OCH3 is 2. The third kappa shape index (κ3) is 4.65. The van der Waals surface area contributed by atoms with Crippen molar-refractivity contribution in [1.82, 2.24) is 4.90 Å². The largest absolute Gasteiger partial charge is 0.497 e. The molecule has 2 rings (SSSR count). The number of amides is 1. The number of carbonyl (C=O) groups is 1. The van der Waals surface area contributed by atoms with Crippen molar-refractivity contribution in [2.24, 2.45) is 0 Å². The molecule has 0 radical (unpaired) electrons. The van der Waals surface area contributed by atoms with Crippen LogP contribution in [0.2, 0.25) is 0 Å². The number of benzene rings is 2. The van der Waals surface area contributed by atoms with Crippen molar-refractivity contribution >= 4 is 5.91 Å². The van der Waals surface area contributed by atoms with Gasteiger partial charge >= 0.3 is 0 Å². The summed E-state index contributed by atoms with van der Waals surface area (Å²) in [5.74, 6) is 2.00. The maximum absolute atomic E-state index is 12.5. The van der Waals surface area contributed by atoms with Gasteiger partial charge in [0.2, 0.25) is 0 Å². The summed E-state index contributed by atoms with van der Waals surface area (Å²) in [5.41, 5.74) is 1.03. The van der Waals surface area contributed by atoms with Crippen molar-refractivity contribution in [1.29, 1.82) is 0 Å². The zero-order valence-electron chi connectivity index (χ0n) is 14.5. The average molecular weight is 329 g/mol. The fourth-order valence-electron chi connectivity index (χ4n) is 2.32. The van der Waals surface area contributed by atoms with E-state index in [1.54, 1.807) is 45.2 Å². The number of hydrogen-bond acceptors (Lipinski definition) is 4. The fourth-order valence-corrected chi connectivity index (χ4v) is 2.32. The quantitative estimate of drug-likeness (QED) is 0.783. The van der Waals surface area contributed by atoms with Crippen molar-refractivity contribution in [3.8, 4) is 17.2 Å².